The molecule has 0 aromatic heterocycles. The van der Waals surface area contributed by atoms with Crippen molar-refractivity contribution < 1.29 is 19.0 Å². The first-order chi connectivity index (χ1) is 9.15. The Morgan fingerprint density at radius 3 is 2.30 bits per heavy atom. The maximum absolute atomic E-state index is 12.2. The van der Waals surface area contributed by atoms with E-state index in [0.29, 0.717) is 13.2 Å². The summed E-state index contributed by atoms with van der Waals surface area (Å²) in [6, 6.07) is 0. The van der Waals surface area contributed by atoms with Crippen LogP contribution >= 0.6 is 0 Å². The molecule has 4 nitrogen and oxygen atoms in total. The van der Waals surface area contributed by atoms with Gasteiger partial charge in [0.1, 0.15) is 0 Å². The first kappa shape index (κ1) is 15.5. The van der Waals surface area contributed by atoms with Crippen LogP contribution in [-0.4, -0.2) is 32.1 Å². The molecular weight excluding hydrogens is 256 g/mol. The van der Waals surface area contributed by atoms with E-state index in [1.165, 1.54) is 7.11 Å². The van der Waals surface area contributed by atoms with Crippen LogP contribution in [0.25, 0.3) is 0 Å². The highest BCUT2D eigenvalue weighted by Crippen LogP contribution is 2.54. The molecule has 0 bridgehead atoms. The molecule has 0 aromatic rings. The molecule has 0 radical (unpaired) electrons. The highest BCUT2D eigenvalue weighted by molar-refractivity contribution is 5.77. The Bertz CT molecular complexity index is 404. The summed E-state index contributed by atoms with van der Waals surface area (Å²) >= 11 is 0. The number of hydrogen-bond donors (Lipinski definition) is 0. The highest BCUT2D eigenvalue weighted by Gasteiger charge is 2.59. The van der Waals surface area contributed by atoms with E-state index >= 15 is 0 Å². The molecule has 0 amide bonds. The molecule has 1 unspecified atom stereocenters. The molecule has 1 atom stereocenters. The Balaban J connectivity index is 2.32. The van der Waals surface area contributed by atoms with Crippen LogP contribution in [0.2, 0.25) is 0 Å². The van der Waals surface area contributed by atoms with Crippen molar-refractivity contribution in [2.24, 2.45) is 16.7 Å². The zero-order valence-electron chi connectivity index (χ0n) is 13.2. The van der Waals surface area contributed by atoms with E-state index in [1.807, 2.05) is 13.8 Å². The lowest BCUT2D eigenvalue weighted by molar-refractivity contribution is -0.356. The van der Waals surface area contributed by atoms with Crippen LogP contribution in [0.4, 0.5) is 0 Å². The first-order valence-electron chi connectivity index (χ1n) is 7.19. The average molecular weight is 282 g/mol. The Morgan fingerprint density at radius 2 is 1.80 bits per heavy atom. The van der Waals surface area contributed by atoms with Crippen molar-refractivity contribution in [1.82, 2.24) is 0 Å². The van der Waals surface area contributed by atoms with Crippen molar-refractivity contribution in [3.8, 4) is 0 Å². The van der Waals surface area contributed by atoms with Crippen LogP contribution < -0.4 is 0 Å². The third kappa shape index (κ3) is 2.29. The van der Waals surface area contributed by atoms with Crippen LogP contribution in [0.5, 0.6) is 0 Å². The monoisotopic (exact) mass is 282 g/mol. The lowest BCUT2D eigenvalue weighted by Gasteiger charge is -2.56. The van der Waals surface area contributed by atoms with Crippen LogP contribution in [0, 0.1) is 16.7 Å². The van der Waals surface area contributed by atoms with E-state index in [9.17, 15) is 4.79 Å². The number of hydrogen-bond acceptors (Lipinski definition) is 4. The number of esters is 1. The second-order valence-electron chi connectivity index (χ2n) is 7.33. The van der Waals surface area contributed by atoms with Crippen LogP contribution in [0.3, 0.4) is 0 Å². The lowest BCUT2D eigenvalue weighted by Crippen LogP contribution is -2.61. The number of carbonyl (C=O) groups excluding carboxylic acids is 1. The van der Waals surface area contributed by atoms with Crippen LogP contribution in [0.1, 0.15) is 40.5 Å². The zero-order chi connectivity index (χ0) is 15.2. The highest BCUT2D eigenvalue weighted by atomic mass is 16.7. The van der Waals surface area contributed by atoms with Crippen LogP contribution in [-0.2, 0) is 19.0 Å². The summed E-state index contributed by atoms with van der Waals surface area (Å²) in [6.07, 6.45) is 1.46. The quantitative estimate of drug-likeness (QED) is 0.548. The van der Waals surface area contributed by atoms with Gasteiger partial charge in [-0.2, -0.15) is 0 Å². The van der Waals surface area contributed by atoms with E-state index in [4.69, 9.17) is 14.2 Å². The fraction of sp³-hybridized carbons (Fsp3) is 0.812. The largest absolute Gasteiger partial charge is 0.469 e. The van der Waals surface area contributed by atoms with Gasteiger partial charge < -0.3 is 14.2 Å². The summed E-state index contributed by atoms with van der Waals surface area (Å²) in [5.74, 6) is -1.36. The third-order valence-electron chi connectivity index (χ3n) is 4.72. The van der Waals surface area contributed by atoms with E-state index in [0.717, 1.165) is 18.4 Å². The zero-order valence-corrected chi connectivity index (χ0v) is 13.2. The average Bonchev–Trinajstić information content (AvgIpc) is 2.36. The van der Waals surface area contributed by atoms with Gasteiger partial charge in [-0.3, -0.25) is 4.79 Å². The molecule has 0 aromatic carbocycles. The minimum Gasteiger partial charge on any atom is -0.469 e. The van der Waals surface area contributed by atoms with Crippen molar-refractivity contribution in [1.29, 1.82) is 0 Å². The fourth-order valence-corrected chi connectivity index (χ4v) is 3.32. The van der Waals surface area contributed by atoms with Gasteiger partial charge in [0, 0.05) is 17.3 Å². The molecule has 1 saturated carbocycles. The lowest BCUT2D eigenvalue weighted by atomic mass is 9.62. The second-order valence-corrected chi connectivity index (χ2v) is 7.33. The van der Waals surface area contributed by atoms with Crippen molar-refractivity contribution >= 4 is 5.97 Å². The Labute approximate surface area is 121 Å². The molecule has 2 fully saturated rings. The summed E-state index contributed by atoms with van der Waals surface area (Å²) in [5, 5.41) is 0. The predicted octanol–water partition coefficient (Wildman–Crippen LogP) is 2.92. The maximum Gasteiger partial charge on any atom is 0.313 e. The normalized spacial score (nSPS) is 31.1. The Morgan fingerprint density at radius 1 is 1.25 bits per heavy atom. The SMILES string of the molecule is C=C1CCC2(OCC(C)(C)CO2)C(C)(C)C1C(=O)OC. The fourth-order valence-electron chi connectivity index (χ4n) is 3.32. The molecule has 1 saturated heterocycles. The summed E-state index contributed by atoms with van der Waals surface area (Å²) in [7, 11) is 1.42. The molecule has 0 N–H and O–H groups in total. The van der Waals surface area contributed by atoms with Crippen molar-refractivity contribution in [2.45, 2.75) is 46.3 Å². The molecule has 1 aliphatic carbocycles. The molecule has 2 rings (SSSR count). The molecule has 4 heteroatoms. The molecule has 1 heterocycles. The summed E-state index contributed by atoms with van der Waals surface area (Å²) in [6.45, 7) is 13.6. The summed E-state index contributed by atoms with van der Waals surface area (Å²) in [4.78, 5) is 12.2. The second kappa shape index (κ2) is 4.85. The molecule has 1 aliphatic heterocycles. The molecule has 114 valence electrons. The molecule has 1 spiro atoms. The third-order valence-corrected chi connectivity index (χ3v) is 4.72. The molecular formula is C16H26O4. The van der Waals surface area contributed by atoms with Gasteiger partial charge in [-0.05, 0) is 6.42 Å². The topological polar surface area (TPSA) is 44.8 Å². The number of ether oxygens (including phenoxy) is 3. The van der Waals surface area contributed by atoms with Gasteiger partial charge in [-0.25, -0.2) is 0 Å². The van der Waals surface area contributed by atoms with Gasteiger partial charge in [0.2, 0.25) is 0 Å². The maximum atomic E-state index is 12.2. The van der Waals surface area contributed by atoms with E-state index in [1.54, 1.807) is 0 Å². The van der Waals surface area contributed by atoms with Gasteiger partial charge in [0.05, 0.1) is 26.2 Å². The van der Waals surface area contributed by atoms with Crippen molar-refractivity contribution in [2.75, 3.05) is 20.3 Å². The predicted molar refractivity (Wildman–Crippen MR) is 76.1 cm³/mol. The van der Waals surface area contributed by atoms with E-state index in [-0.39, 0.29) is 17.3 Å². The smallest absolute Gasteiger partial charge is 0.313 e. The van der Waals surface area contributed by atoms with Gasteiger partial charge in [0.15, 0.2) is 5.79 Å². The summed E-state index contributed by atoms with van der Waals surface area (Å²) in [5.41, 5.74) is 0.423. The summed E-state index contributed by atoms with van der Waals surface area (Å²) < 4.78 is 17.2. The minimum atomic E-state index is -0.720. The minimum absolute atomic E-state index is 0.0105. The first-order valence-corrected chi connectivity index (χ1v) is 7.19. The van der Waals surface area contributed by atoms with Crippen molar-refractivity contribution in [3.05, 3.63) is 12.2 Å². The number of carbonyl (C=O) groups is 1. The number of methoxy groups -OCH3 is 1. The Kier molecular flexibility index (Phi) is 3.76. The molecule has 2 aliphatic rings. The van der Waals surface area contributed by atoms with Crippen molar-refractivity contribution in [3.63, 3.8) is 0 Å². The standard InChI is InChI=1S/C16H26O4/c1-11-7-8-16(19-9-14(2,3)10-20-16)15(4,5)12(11)13(17)18-6/h12H,1,7-10H2,2-6H3. The Hall–Kier alpha value is -0.870. The van der Waals surface area contributed by atoms with Gasteiger partial charge in [-0.15, -0.1) is 0 Å². The number of rotatable bonds is 1. The van der Waals surface area contributed by atoms with Gasteiger partial charge in [-0.1, -0.05) is 39.8 Å². The van der Waals surface area contributed by atoms with Gasteiger partial charge >= 0.3 is 5.97 Å². The molecule has 20 heavy (non-hydrogen) atoms. The van der Waals surface area contributed by atoms with Gasteiger partial charge in [0.25, 0.3) is 0 Å². The van der Waals surface area contributed by atoms with E-state index < -0.39 is 11.2 Å². The van der Waals surface area contributed by atoms with E-state index in [2.05, 4.69) is 20.4 Å². The van der Waals surface area contributed by atoms with Crippen LogP contribution in [0.15, 0.2) is 12.2 Å².